The molecule has 0 bridgehead atoms. The molecule has 0 unspecified atom stereocenters. The van der Waals surface area contributed by atoms with Gasteiger partial charge in [0.1, 0.15) is 20.5 Å². The van der Waals surface area contributed by atoms with Crippen molar-refractivity contribution >= 4 is 72.7 Å². The minimum Gasteiger partial charge on any atom is -0.477 e. The third-order valence-corrected chi connectivity index (χ3v) is 10.6. The van der Waals surface area contributed by atoms with Crippen LogP contribution in [0.4, 0.5) is 15.5 Å². The zero-order valence-electron chi connectivity index (χ0n) is 25.9. The zero-order valence-corrected chi connectivity index (χ0v) is 29.2. The maximum atomic E-state index is 12.5. The number of carbonyl (C=O) groups is 4. The number of sulfonamides is 2. The molecule has 4 aromatic heterocycles. The summed E-state index contributed by atoms with van der Waals surface area (Å²) in [6.07, 6.45) is 0. The summed E-state index contributed by atoms with van der Waals surface area (Å²) in [4.78, 5) is 68.9. The van der Waals surface area contributed by atoms with Gasteiger partial charge in [-0.25, -0.2) is 54.8 Å². The van der Waals surface area contributed by atoms with E-state index < -0.39 is 64.4 Å². The number of aromatic carboxylic acids is 1. The molecule has 264 valence electrons. The Balaban J connectivity index is 0.000000266. The van der Waals surface area contributed by atoms with E-state index in [9.17, 15) is 40.8 Å². The molecule has 0 radical (unpaired) electrons. The van der Waals surface area contributed by atoms with Gasteiger partial charge in [-0.2, -0.15) is 15.0 Å². The van der Waals surface area contributed by atoms with Crippen LogP contribution in [-0.2, 0) is 31.8 Å². The molecule has 0 atom stereocenters. The Kier molecular flexibility index (Phi) is 11.8. The number of urea groups is 1. The number of hydrogen-bond acceptors (Lipinski definition) is 18. The molecule has 0 saturated heterocycles. The zero-order chi connectivity index (χ0) is 36.8. The fraction of sp³-hybridized carbons (Fsp3) is 0.261. The SMILES string of the molecule is COC(=O)c1csc(C)c1S(=O)(=O)NC(=O)n1nc(OC)n(C)c1=O.COc1nc(C)nc(NC(=O)NS(=O)(=O)c2ccsc2C(=O)O)n1. The first-order valence-corrected chi connectivity index (χ1v) is 17.4. The van der Waals surface area contributed by atoms with Crippen molar-refractivity contribution in [1.82, 2.24) is 38.7 Å². The van der Waals surface area contributed by atoms with Gasteiger partial charge in [0.25, 0.3) is 20.0 Å². The third kappa shape index (κ3) is 8.72. The summed E-state index contributed by atoms with van der Waals surface area (Å²) in [5.41, 5.74) is -1.11. The number of thiophene rings is 2. The minimum absolute atomic E-state index is 0.0633. The Hall–Kier alpha value is -5.47. The summed E-state index contributed by atoms with van der Waals surface area (Å²) < 4.78 is 67.9. The third-order valence-electron chi connectivity index (χ3n) is 5.60. The lowest BCUT2D eigenvalue weighted by molar-refractivity contribution is 0.0596. The van der Waals surface area contributed by atoms with Crippen molar-refractivity contribution < 1.29 is 55.3 Å². The predicted molar refractivity (Wildman–Crippen MR) is 167 cm³/mol. The molecule has 22 nitrogen and oxygen atoms in total. The summed E-state index contributed by atoms with van der Waals surface area (Å²) in [6, 6.07) is -1.64. The average Bonchev–Trinajstić information content (AvgIpc) is 3.74. The molecule has 0 aromatic carbocycles. The van der Waals surface area contributed by atoms with Crippen molar-refractivity contribution in [2.24, 2.45) is 7.05 Å². The van der Waals surface area contributed by atoms with Gasteiger partial charge in [-0.3, -0.25) is 5.32 Å². The fourth-order valence-corrected chi connectivity index (χ4v) is 8.21. The van der Waals surface area contributed by atoms with Crippen LogP contribution in [0.25, 0.3) is 0 Å². The molecule has 0 spiro atoms. The molecule has 4 rings (SSSR count). The maximum absolute atomic E-state index is 12.5. The van der Waals surface area contributed by atoms with Crippen molar-refractivity contribution in [3.8, 4) is 12.0 Å². The number of hydrogen-bond donors (Lipinski definition) is 4. The highest BCUT2D eigenvalue weighted by Gasteiger charge is 2.31. The number of anilines is 1. The first-order valence-electron chi connectivity index (χ1n) is 12.7. The number of esters is 1. The standard InChI is InChI=1S/C12H14N4O7S2.C11H11N5O6S2/c1-6-8(7(5-24-6)9(17)22-3)25(20,21)14-10(18)16-12(19)15(2)11(13-16)23-4;1-5-12-9(15-11(13-5)22-2)14-10(19)16-24(20,21)6-3-4-23-7(6)8(17)18/h5H,1-4H3,(H,14,18);3-4H,1-2H3,(H,17,18)(H2,12,13,14,15,16,19). The van der Waals surface area contributed by atoms with E-state index in [1.54, 1.807) is 9.44 Å². The second-order valence-electron chi connectivity index (χ2n) is 8.85. The van der Waals surface area contributed by atoms with Crippen LogP contribution in [0.1, 0.15) is 30.7 Å². The monoisotopic (exact) mass is 763 g/mol. The number of carboxylic acids is 1. The predicted octanol–water partition coefficient (Wildman–Crippen LogP) is 0.152. The Morgan fingerprint density at radius 2 is 1.61 bits per heavy atom. The highest BCUT2D eigenvalue weighted by Crippen LogP contribution is 2.27. The number of aryl methyl sites for hydroxylation is 2. The number of methoxy groups -OCH3 is 3. The van der Waals surface area contributed by atoms with E-state index in [1.165, 1.54) is 45.9 Å². The van der Waals surface area contributed by atoms with Crippen LogP contribution in [-0.4, -0.2) is 96.6 Å². The summed E-state index contributed by atoms with van der Waals surface area (Å²) in [7, 11) is -3.88. The van der Waals surface area contributed by atoms with Crippen LogP contribution < -0.4 is 29.9 Å². The molecule has 0 aliphatic rings. The van der Waals surface area contributed by atoms with Crippen molar-refractivity contribution in [3.05, 3.63) is 48.5 Å². The largest absolute Gasteiger partial charge is 0.477 e. The molecule has 0 aliphatic carbocycles. The van der Waals surface area contributed by atoms with Gasteiger partial charge in [0.2, 0.25) is 5.95 Å². The molecule has 4 heterocycles. The molecule has 26 heteroatoms. The normalized spacial score (nSPS) is 11.1. The lowest BCUT2D eigenvalue weighted by Gasteiger charge is -2.08. The van der Waals surface area contributed by atoms with Crippen molar-refractivity contribution in [2.45, 2.75) is 23.6 Å². The van der Waals surface area contributed by atoms with E-state index in [-0.39, 0.29) is 34.2 Å². The van der Waals surface area contributed by atoms with Crippen LogP contribution in [0, 0.1) is 13.8 Å². The number of amides is 3. The van der Waals surface area contributed by atoms with Crippen LogP contribution in [0.5, 0.6) is 12.0 Å². The molecular formula is C23H25N9O13S4. The van der Waals surface area contributed by atoms with Gasteiger partial charge < -0.3 is 19.3 Å². The van der Waals surface area contributed by atoms with E-state index in [4.69, 9.17) is 14.6 Å². The Bertz CT molecular complexity index is 2200. The average molecular weight is 764 g/mol. The first-order chi connectivity index (χ1) is 22.9. The van der Waals surface area contributed by atoms with Crippen molar-refractivity contribution in [2.75, 3.05) is 26.6 Å². The molecule has 4 aromatic rings. The maximum Gasteiger partial charge on any atom is 0.360 e. The fourth-order valence-electron chi connectivity index (χ4n) is 3.54. The van der Waals surface area contributed by atoms with Gasteiger partial charge in [0.15, 0.2) is 0 Å². The van der Waals surface area contributed by atoms with Gasteiger partial charge in [0.05, 0.1) is 26.9 Å². The first kappa shape index (κ1) is 38.0. The summed E-state index contributed by atoms with van der Waals surface area (Å²) in [5.74, 6) is -2.26. The van der Waals surface area contributed by atoms with Crippen LogP contribution in [0.3, 0.4) is 0 Å². The van der Waals surface area contributed by atoms with E-state index in [0.29, 0.717) is 4.68 Å². The topological polar surface area (TPSA) is 299 Å². The number of nitrogens with one attached hydrogen (secondary N) is 3. The molecule has 3 amide bonds. The van der Waals surface area contributed by atoms with Crippen molar-refractivity contribution in [1.29, 1.82) is 0 Å². The molecule has 0 aliphatic heterocycles. The van der Waals surface area contributed by atoms with E-state index in [1.807, 2.05) is 0 Å². The Morgan fingerprint density at radius 1 is 0.939 bits per heavy atom. The Labute approximate surface area is 283 Å². The lowest BCUT2D eigenvalue weighted by Crippen LogP contribution is -2.40. The molecule has 0 fully saturated rings. The van der Waals surface area contributed by atoms with Gasteiger partial charge >= 0.3 is 41.7 Å². The molecule has 49 heavy (non-hydrogen) atoms. The van der Waals surface area contributed by atoms with E-state index in [0.717, 1.165) is 40.4 Å². The molecule has 0 saturated carbocycles. The number of ether oxygens (including phenoxy) is 3. The van der Waals surface area contributed by atoms with Crippen LogP contribution in [0.2, 0.25) is 0 Å². The number of carboxylic acid groups (broad SMARTS) is 1. The van der Waals surface area contributed by atoms with E-state index in [2.05, 4.69) is 30.1 Å². The smallest absolute Gasteiger partial charge is 0.360 e. The van der Waals surface area contributed by atoms with Gasteiger partial charge in [-0.05, 0) is 25.3 Å². The van der Waals surface area contributed by atoms with Gasteiger partial charge in [0, 0.05) is 17.3 Å². The lowest BCUT2D eigenvalue weighted by atomic mass is 10.3. The second kappa shape index (κ2) is 15.2. The van der Waals surface area contributed by atoms with Crippen LogP contribution in [0.15, 0.2) is 31.4 Å². The van der Waals surface area contributed by atoms with E-state index >= 15 is 0 Å². The highest BCUT2D eigenvalue weighted by molar-refractivity contribution is 7.90. The highest BCUT2D eigenvalue weighted by atomic mass is 32.2. The Morgan fingerprint density at radius 3 is 2.18 bits per heavy atom. The molecular weight excluding hydrogens is 739 g/mol. The van der Waals surface area contributed by atoms with Gasteiger partial charge in [-0.15, -0.1) is 32.5 Å². The molecule has 4 N–H and O–H groups in total. The number of carbonyl (C=O) groups excluding carboxylic acids is 3. The number of rotatable bonds is 9. The minimum atomic E-state index is -4.45. The summed E-state index contributed by atoms with van der Waals surface area (Å²) in [5, 5.41) is 17.2. The summed E-state index contributed by atoms with van der Waals surface area (Å²) >= 11 is 1.72. The van der Waals surface area contributed by atoms with Crippen molar-refractivity contribution in [3.63, 3.8) is 0 Å². The number of nitrogens with zero attached hydrogens (tertiary/aromatic N) is 6. The second-order valence-corrected chi connectivity index (χ2v) is 14.1. The quantitative estimate of drug-likeness (QED) is 0.165. The number of aromatic nitrogens is 6. The van der Waals surface area contributed by atoms with Crippen LogP contribution >= 0.6 is 22.7 Å². The van der Waals surface area contributed by atoms with Gasteiger partial charge in [-0.1, -0.05) is 0 Å². The summed E-state index contributed by atoms with van der Waals surface area (Å²) in [6.45, 7) is 2.99.